The van der Waals surface area contributed by atoms with Crippen molar-refractivity contribution in [2.75, 3.05) is 13.2 Å². The highest BCUT2D eigenvalue weighted by atomic mass is 35.5. The lowest BCUT2D eigenvalue weighted by Gasteiger charge is -2.56. The average molecular weight is 547 g/mol. The number of benzene rings is 1. The molecule has 1 aromatic heterocycles. The summed E-state index contributed by atoms with van der Waals surface area (Å²) in [5.41, 5.74) is -1.59. The van der Waals surface area contributed by atoms with E-state index in [-0.39, 0.29) is 29.5 Å². The van der Waals surface area contributed by atoms with Crippen molar-refractivity contribution < 1.29 is 41.7 Å². The van der Waals surface area contributed by atoms with Crippen LogP contribution in [-0.4, -0.2) is 57.3 Å². The molecule has 1 atom stereocenters. The Labute approximate surface area is 213 Å². The molecule has 3 fully saturated rings. The third-order valence-corrected chi connectivity index (χ3v) is 6.93. The van der Waals surface area contributed by atoms with E-state index in [9.17, 15) is 32.3 Å². The van der Waals surface area contributed by atoms with Crippen LogP contribution in [0, 0.1) is 5.82 Å². The Morgan fingerprint density at radius 2 is 1.62 bits per heavy atom. The number of rotatable bonds is 8. The molecule has 5 rings (SSSR count). The summed E-state index contributed by atoms with van der Waals surface area (Å²) in [4.78, 5) is 31.3. The van der Waals surface area contributed by atoms with Crippen LogP contribution in [0.5, 0.6) is 11.5 Å². The van der Waals surface area contributed by atoms with E-state index in [1.54, 1.807) is 0 Å². The highest BCUT2D eigenvalue weighted by molar-refractivity contribution is 6.30. The molecule has 3 N–H and O–H groups in total. The fourth-order valence-electron chi connectivity index (χ4n) is 4.71. The predicted octanol–water partition coefficient (Wildman–Crippen LogP) is 2.79. The SMILES string of the molecule is O=C(COc1cnc(C(F)(F)F)nc1)NC12CCC(NC(=O)COc3ccc(Cl)c(F)c3)(CC1)[C@@H](O)C2. The van der Waals surface area contributed by atoms with E-state index in [4.69, 9.17) is 21.1 Å². The molecule has 1 heterocycles. The van der Waals surface area contributed by atoms with Gasteiger partial charge in [-0.1, -0.05) is 11.6 Å². The molecule has 9 nitrogen and oxygen atoms in total. The summed E-state index contributed by atoms with van der Waals surface area (Å²) in [7, 11) is 0. The van der Waals surface area contributed by atoms with Gasteiger partial charge in [0.1, 0.15) is 11.6 Å². The van der Waals surface area contributed by atoms with Crippen LogP contribution in [0.3, 0.4) is 0 Å². The largest absolute Gasteiger partial charge is 0.484 e. The van der Waals surface area contributed by atoms with Gasteiger partial charge in [0.2, 0.25) is 5.82 Å². The van der Waals surface area contributed by atoms with Crippen LogP contribution in [0.2, 0.25) is 5.02 Å². The molecule has 0 unspecified atom stereocenters. The minimum absolute atomic E-state index is 0.0704. The van der Waals surface area contributed by atoms with Crippen LogP contribution in [0.15, 0.2) is 30.6 Å². The molecule has 3 saturated carbocycles. The standard InChI is InChI=1S/C23H23ClF4N4O5/c24-15-2-1-13(7-16(15)25)36-12-19(35)32-22-5-3-21(4-6-22,8-17(22)33)31-18(34)11-37-14-9-29-20(30-10-14)23(26,27)28/h1-2,7,9-10,17,33H,3-6,8,11-12H2,(H,31,34)(H,32,35)/t17-,21?,22?/m0/s1. The topological polar surface area (TPSA) is 123 Å². The maximum Gasteiger partial charge on any atom is 0.451 e. The van der Waals surface area contributed by atoms with E-state index in [1.807, 2.05) is 0 Å². The number of fused-ring (bicyclic) bond motifs is 3. The summed E-state index contributed by atoms with van der Waals surface area (Å²) < 4.78 is 61.7. The number of ether oxygens (including phenoxy) is 2. The van der Waals surface area contributed by atoms with Crippen molar-refractivity contribution in [2.45, 2.75) is 55.5 Å². The van der Waals surface area contributed by atoms with Crippen LogP contribution in [0.4, 0.5) is 17.6 Å². The fourth-order valence-corrected chi connectivity index (χ4v) is 4.83. The normalized spacial score (nSPS) is 24.9. The van der Waals surface area contributed by atoms with Crippen LogP contribution >= 0.6 is 11.6 Å². The molecule has 2 amide bonds. The number of carbonyl (C=O) groups excluding carboxylic acids is 2. The van der Waals surface area contributed by atoms with E-state index in [0.717, 1.165) is 18.5 Å². The minimum Gasteiger partial charge on any atom is -0.484 e. The van der Waals surface area contributed by atoms with Crippen molar-refractivity contribution in [3.8, 4) is 11.5 Å². The van der Waals surface area contributed by atoms with Gasteiger partial charge in [-0.05, 0) is 44.2 Å². The molecular weight excluding hydrogens is 524 g/mol. The number of alkyl halides is 3. The second-order valence-corrected chi connectivity index (χ2v) is 9.55. The number of hydrogen-bond acceptors (Lipinski definition) is 7. The third kappa shape index (κ3) is 6.21. The predicted molar refractivity (Wildman–Crippen MR) is 120 cm³/mol. The molecule has 3 aliphatic rings. The average Bonchev–Trinajstić information content (AvgIpc) is 2.84. The Balaban J connectivity index is 1.26. The van der Waals surface area contributed by atoms with Gasteiger partial charge in [-0.25, -0.2) is 14.4 Å². The summed E-state index contributed by atoms with van der Waals surface area (Å²) in [6.07, 6.45) is -2.05. The number of amides is 2. The number of nitrogens with zero attached hydrogens (tertiary/aromatic N) is 2. The minimum atomic E-state index is -4.68. The Kier molecular flexibility index (Phi) is 7.47. The molecule has 0 saturated heterocycles. The lowest BCUT2D eigenvalue weighted by molar-refractivity contribution is -0.145. The number of aliphatic hydroxyl groups is 1. The maximum atomic E-state index is 13.5. The van der Waals surface area contributed by atoms with Gasteiger partial charge in [-0.3, -0.25) is 9.59 Å². The molecule has 2 bridgehead atoms. The van der Waals surface area contributed by atoms with Crippen molar-refractivity contribution in [1.82, 2.24) is 20.6 Å². The summed E-state index contributed by atoms with van der Waals surface area (Å²) in [5, 5.41) is 16.4. The molecule has 1 aromatic carbocycles. The first kappa shape index (κ1) is 26.9. The number of carbonyl (C=O) groups is 2. The van der Waals surface area contributed by atoms with Gasteiger partial charge >= 0.3 is 6.18 Å². The van der Waals surface area contributed by atoms with Crippen LogP contribution in [0.1, 0.15) is 37.9 Å². The molecular formula is C23H23ClF4N4O5. The molecule has 14 heteroatoms. The van der Waals surface area contributed by atoms with Crippen molar-refractivity contribution in [1.29, 1.82) is 0 Å². The molecule has 0 spiro atoms. The zero-order valence-corrected chi connectivity index (χ0v) is 20.0. The van der Waals surface area contributed by atoms with Crippen molar-refractivity contribution in [2.24, 2.45) is 0 Å². The zero-order chi connectivity index (χ0) is 26.8. The number of nitrogens with one attached hydrogen (secondary N) is 2. The fraction of sp³-hybridized carbons (Fsp3) is 0.478. The lowest BCUT2D eigenvalue weighted by atomic mass is 9.60. The number of aliphatic hydroxyl groups excluding tert-OH is 1. The zero-order valence-electron chi connectivity index (χ0n) is 19.3. The first-order chi connectivity index (χ1) is 17.4. The first-order valence-electron chi connectivity index (χ1n) is 11.3. The molecule has 37 heavy (non-hydrogen) atoms. The van der Waals surface area contributed by atoms with Crippen molar-refractivity contribution >= 4 is 23.4 Å². The van der Waals surface area contributed by atoms with Crippen LogP contribution in [-0.2, 0) is 15.8 Å². The number of aromatic nitrogens is 2. The summed E-state index contributed by atoms with van der Waals surface area (Å²) in [6.45, 7) is -0.862. The third-order valence-electron chi connectivity index (χ3n) is 6.63. The summed E-state index contributed by atoms with van der Waals surface area (Å²) >= 11 is 5.63. The van der Waals surface area contributed by atoms with Crippen molar-refractivity contribution in [3.63, 3.8) is 0 Å². The van der Waals surface area contributed by atoms with Gasteiger partial charge in [0, 0.05) is 11.6 Å². The van der Waals surface area contributed by atoms with Gasteiger partial charge in [-0.2, -0.15) is 13.2 Å². The van der Waals surface area contributed by atoms with Crippen LogP contribution < -0.4 is 20.1 Å². The van der Waals surface area contributed by atoms with Gasteiger partial charge < -0.3 is 25.2 Å². The van der Waals surface area contributed by atoms with E-state index in [0.29, 0.717) is 25.7 Å². The monoisotopic (exact) mass is 546 g/mol. The highest BCUT2D eigenvalue weighted by Gasteiger charge is 2.55. The van der Waals surface area contributed by atoms with Gasteiger partial charge in [0.25, 0.3) is 11.8 Å². The smallest absolute Gasteiger partial charge is 0.451 e. The Hall–Kier alpha value is -3.19. The van der Waals surface area contributed by atoms with Gasteiger partial charge in [0.05, 0.1) is 29.1 Å². The molecule has 0 aliphatic heterocycles. The molecule has 200 valence electrons. The first-order valence-corrected chi connectivity index (χ1v) is 11.7. The van der Waals surface area contributed by atoms with E-state index in [1.165, 1.54) is 12.1 Å². The lowest BCUT2D eigenvalue weighted by Crippen LogP contribution is -2.70. The number of halogens is 5. The quantitative estimate of drug-likeness (QED) is 0.435. The Morgan fingerprint density at radius 1 is 1.03 bits per heavy atom. The maximum absolute atomic E-state index is 13.5. The molecule has 2 aromatic rings. The van der Waals surface area contributed by atoms with Crippen LogP contribution in [0.25, 0.3) is 0 Å². The van der Waals surface area contributed by atoms with E-state index >= 15 is 0 Å². The summed E-state index contributed by atoms with van der Waals surface area (Å²) in [5.74, 6) is -2.96. The van der Waals surface area contributed by atoms with E-state index < -0.39 is 53.4 Å². The number of hydrogen-bond donors (Lipinski definition) is 3. The van der Waals surface area contributed by atoms with E-state index in [2.05, 4.69) is 20.6 Å². The molecule has 0 radical (unpaired) electrons. The second kappa shape index (κ2) is 10.3. The second-order valence-electron chi connectivity index (χ2n) is 9.15. The van der Waals surface area contributed by atoms with Gasteiger partial charge in [-0.15, -0.1) is 0 Å². The summed E-state index contributed by atoms with van der Waals surface area (Å²) in [6, 6.07) is 3.80. The van der Waals surface area contributed by atoms with Gasteiger partial charge in [0.15, 0.2) is 19.0 Å². The highest BCUT2D eigenvalue weighted by Crippen LogP contribution is 2.47. The molecule has 3 aliphatic carbocycles. The Morgan fingerprint density at radius 3 is 2.19 bits per heavy atom. The Bertz CT molecular complexity index is 1160. The van der Waals surface area contributed by atoms with Crippen molar-refractivity contribution in [3.05, 3.63) is 47.3 Å².